The average Bonchev–Trinajstić information content (AvgIpc) is 3.03. The molecule has 3 rings (SSSR count). The van der Waals surface area contributed by atoms with Crippen molar-refractivity contribution in [2.45, 2.75) is 104 Å². The maximum atomic E-state index is 5.48. The van der Waals surface area contributed by atoms with Crippen molar-refractivity contribution in [2.75, 3.05) is 13.1 Å². The van der Waals surface area contributed by atoms with E-state index in [9.17, 15) is 0 Å². The Morgan fingerprint density at radius 3 is 2.07 bits per heavy atom. The highest BCUT2D eigenvalue weighted by Gasteiger charge is 2.48. The highest BCUT2D eigenvalue weighted by molar-refractivity contribution is 9.10. The minimum atomic E-state index is -1.88. The molecule has 5 heteroatoms. The number of benzene rings is 1. The highest BCUT2D eigenvalue weighted by Crippen LogP contribution is 2.46. The quantitative estimate of drug-likeness (QED) is 0.340. The SMILES string of the molecule is CCCN(CCC)C1Cc2nn([Si](C(C)C)(C(C)C)C(C)C)c3ccc(Br)c(c23)C1. The summed E-state index contributed by atoms with van der Waals surface area (Å²) in [6, 6.07) is 5.19. The molecule has 0 aliphatic heterocycles. The van der Waals surface area contributed by atoms with E-state index in [0.717, 1.165) is 12.8 Å². The van der Waals surface area contributed by atoms with Crippen LogP contribution < -0.4 is 0 Å². The van der Waals surface area contributed by atoms with Gasteiger partial charge in [0.2, 0.25) is 0 Å². The number of halogens is 1. The average molecular weight is 493 g/mol. The van der Waals surface area contributed by atoms with Gasteiger partial charge in [-0.15, -0.1) is 0 Å². The van der Waals surface area contributed by atoms with Crippen molar-refractivity contribution in [1.82, 2.24) is 14.3 Å². The van der Waals surface area contributed by atoms with Gasteiger partial charge in [0, 0.05) is 22.3 Å². The van der Waals surface area contributed by atoms with Crippen LogP contribution in [-0.2, 0) is 12.8 Å². The zero-order valence-electron chi connectivity index (χ0n) is 20.4. The largest absolute Gasteiger partial charge is 0.300 e. The first-order valence-corrected chi connectivity index (χ1v) is 15.1. The van der Waals surface area contributed by atoms with Crippen molar-refractivity contribution in [3.05, 3.63) is 27.9 Å². The molecule has 3 nitrogen and oxygen atoms in total. The predicted octanol–water partition coefficient (Wildman–Crippen LogP) is 7.41. The lowest BCUT2D eigenvalue weighted by Crippen LogP contribution is -2.52. The number of hydrogen-bond donors (Lipinski definition) is 0. The second kappa shape index (κ2) is 9.46. The third kappa shape index (κ3) is 3.84. The molecule has 0 bridgehead atoms. The molecular weight excluding hydrogens is 450 g/mol. The Morgan fingerprint density at radius 1 is 1.00 bits per heavy atom. The van der Waals surface area contributed by atoms with Crippen LogP contribution in [0.25, 0.3) is 10.9 Å². The van der Waals surface area contributed by atoms with Gasteiger partial charge in [0.15, 0.2) is 8.24 Å². The summed E-state index contributed by atoms with van der Waals surface area (Å²) in [7, 11) is -1.88. The van der Waals surface area contributed by atoms with Gasteiger partial charge in [0.05, 0.1) is 11.2 Å². The summed E-state index contributed by atoms with van der Waals surface area (Å²) >= 11 is 3.90. The molecule has 1 aromatic carbocycles. The Labute approximate surface area is 193 Å². The molecule has 0 saturated heterocycles. The molecule has 1 aliphatic rings. The standard InChI is InChI=1S/C25H42BrN3Si/c1-9-13-28(14-10-2)20-15-21-22(26)11-12-24-25(21)23(16-20)27-29(24)30(17(3)4,18(5)6)19(7)8/h11-12,17-20H,9-10,13-16H2,1-8H3. The minimum absolute atomic E-state index is 0.566. The molecule has 1 unspecified atom stereocenters. The lowest BCUT2D eigenvalue weighted by atomic mass is 9.90. The van der Waals surface area contributed by atoms with E-state index in [-0.39, 0.29) is 0 Å². The van der Waals surface area contributed by atoms with E-state index >= 15 is 0 Å². The maximum absolute atomic E-state index is 5.48. The normalized spacial score (nSPS) is 17.3. The van der Waals surface area contributed by atoms with E-state index < -0.39 is 8.24 Å². The lowest BCUT2D eigenvalue weighted by Gasteiger charge is -2.43. The Kier molecular flexibility index (Phi) is 7.56. The zero-order valence-corrected chi connectivity index (χ0v) is 23.0. The van der Waals surface area contributed by atoms with Crippen LogP contribution in [0.4, 0.5) is 0 Å². The zero-order chi connectivity index (χ0) is 22.2. The molecule has 0 amide bonds. The van der Waals surface area contributed by atoms with Crippen LogP contribution in [0.1, 0.15) is 79.5 Å². The van der Waals surface area contributed by atoms with Crippen molar-refractivity contribution in [2.24, 2.45) is 0 Å². The Bertz CT molecular complexity index is 843. The fourth-order valence-corrected chi connectivity index (χ4v) is 13.4. The smallest absolute Gasteiger partial charge is 0.193 e. The van der Waals surface area contributed by atoms with Gasteiger partial charge in [-0.3, -0.25) is 9.25 Å². The van der Waals surface area contributed by atoms with Gasteiger partial charge in [0.25, 0.3) is 0 Å². The first-order chi connectivity index (χ1) is 14.2. The van der Waals surface area contributed by atoms with Crippen LogP contribution in [0.2, 0.25) is 16.6 Å². The summed E-state index contributed by atoms with van der Waals surface area (Å²) in [4.78, 5) is 2.71. The van der Waals surface area contributed by atoms with Gasteiger partial charge in [0.1, 0.15) is 0 Å². The summed E-state index contributed by atoms with van der Waals surface area (Å²) < 4.78 is 3.85. The van der Waals surface area contributed by atoms with Gasteiger partial charge < -0.3 is 0 Å². The van der Waals surface area contributed by atoms with Gasteiger partial charge in [-0.25, -0.2) is 0 Å². The molecule has 1 aromatic heterocycles. The van der Waals surface area contributed by atoms with Gasteiger partial charge in [-0.2, -0.15) is 5.10 Å². The number of rotatable bonds is 9. The van der Waals surface area contributed by atoms with Crippen LogP contribution in [0.5, 0.6) is 0 Å². The van der Waals surface area contributed by atoms with E-state index in [1.807, 2.05) is 0 Å². The maximum Gasteiger partial charge on any atom is 0.193 e. The summed E-state index contributed by atoms with van der Waals surface area (Å²) in [5.74, 6) is 0. The summed E-state index contributed by atoms with van der Waals surface area (Å²) in [5.41, 5.74) is 6.16. The van der Waals surface area contributed by atoms with Gasteiger partial charge in [-0.05, 0) is 66.7 Å². The first kappa shape index (κ1) is 24.0. The van der Waals surface area contributed by atoms with Crippen molar-refractivity contribution in [3.63, 3.8) is 0 Å². The van der Waals surface area contributed by atoms with Crippen LogP contribution in [0, 0.1) is 0 Å². The number of nitrogens with zero attached hydrogens (tertiary/aromatic N) is 3. The van der Waals surface area contributed by atoms with Crippen LogP contribution >= 0.6 is 15.9 Å². The number of aromatic nitrogens is 2. The van der Waals surface area contributed by atoms with Gasteiger partial charge >= 0.3 is 0 Å². The van der Waals surface area contributed by atoms with Crippen LogP contribution in [0.3, 0.4) is 0 Å². The van der Waals surface area contributed by atoms with E-state index in [0.29, 0.717) is 22.7 Å². The van der Waals surface area contributed by atoms with Crippen molar-refractivity contribution in [3.8, 4) is 0 Å². The van der Waals surface area contributed by atoms with E-state index in [1.165, 1.54) is 52.6 Å². The van der Waals surface area contributed by atoms with Crippen LogP contribution in [0.15, 0.2) is 16.6 Å². The molecule has 1 heterocycles. The van der Waals surface area contributed by atoms with E-state index in [1.54, 1.807) is 0 Å². The summed E-state index contributed by atoms with van der Waals surface area (Å²) in [5, 5.41) is 6.93. The molecule has 2 aromatic rings. The fourth-order valence-electron chi connectivity index (χ4n) is 6.55. The second-order valence-corrected chi connectivity index (χ2v) is 16.7. The second-order valence-electron chi connectivity index (χ2n) is 10.2. The highest BCUT2D eigenvalue weighted by atomic mass is 79.9. The van der Waals surface area contributed by atoms with Crippen molar-refractivity contribution >= 4 is 35.1 Å². The van der Waals surface area contributed by atoms with Crippen LogP contribution in [-0.4, -0.2) is 41.7 Å². The third-order valence-electron chi connectivity index (χ3n) is 7.52. The molecule has 168 valence electrons. The van der Waals surface area contributed by atoms with E-state index in [4.69, 9.17) is 5.10 Å². The molecule has 0 saturated carbocycles. The van der Waals surface area contributed by atoms with Gasteiger partial charge in [-0.1, -0.05) is 71.3 Å². The lowest BCUT2D eigenvalue weighted by molar-refractivity contribution is 0.190. The summed E-state index contributed by atoms with van der Waals surface area (Å²) in [6.07, 6.45) is 4.66. The van der Waals surface area contributed by atoms with E-state index in [2.05, 4.69) is 92.7 Å². The molecule has 30 heavy (non-hydrogen) atoms. The monoisotopic (exact) mass is 491 g/mol. The molecule has 0 radical (unpaired) electrons. The molecule has 0 N–H and O–H groups in total. The van der Waals surface area contributed by atoms with Crippen molar-refractivity contribution in [1.29, 1.82) is 0 Å². The Balaban J connectivity index is 2.20. The first-order valence-electron chi connectivity index (χ1n) is 12.1. The molecule has 0 fully saturated rings. The molecular formula is C25H42BrN3Si. The van der Waals surface area contributed by atoms with Crippen molar-refractivity contribution < 1.29 is 0 Å². The Hall–Kier alpha value is -0.653. The fraction of sp³-hybridized carbons (Fsp3) is 0.720. The molecule has 0 spiro atoms. The Morgan fingerprint density at radius 2 is 1.57 bits per heavy atom. The molecule has 1 aliphatic carbocycles. The minimum Gasteiger partial charge on any atom is -0.300 e. The topological polar surface area (TPSA) is 21.1 Å². The molecule has 1 atom stereocenters. The number of hydrogen-bond acceptors (Lipinski definition) is 2. The summed E-state index contributed by atoms with van der Waals surface area (Å²) in [6.45, 7) is 21.6. The predicted molar refractivity (Wildman–Crippen MR) is 137 cm³/mol. The third-order valence-corrected chi connectivity index (χ3v) is 14.9.